The second-order valence-electron chi connectivity index (χ2n) is 12.1. The molecule has 0 N–H and O–H groups in total. The molecule has 0 heterocycles. The first-order chi connectivity index (χ1) is 22.8. The van der Waals surface area contributed by atoms with Gasteiger partial charge < -0.3 is 0 Å². The van der Waals surface area contributed by atoms with Crippen molar-refractivity contribution >= 4 is 43.1 Å². The lowest BCUT2D eigenvalue weighted by atomic mass is 9.84. The highest BCUT2D eigenvalue weighted by atomic mass is 14.2. The van der Waals surface area contributed by atoms with Crippen LogP contribution in [0.15, 0.2) is 182 Å². The molecule has 0 aliphatic heterocycles. The molecule has 0 saturated heterocycles. The average molecular weight is 583 g/mol. The summed E-state index contributed by atoms with van der Waals surface area (Å²) in [6.07, 6.45) is 0. The number of benzene rings is 9. The predicted octanol–water partition coefficient (Wildman–Crippen LogP) is 13.0. The van der Waals surface area contributed by atoms with E-state index in [0.29, 0.717) is 0 Å². The maximum atomic E-state index is 2.38. The smallest absolute Gasteiger partial charge is 0.00262 e. The molecule has 0 unspecified atom stereocenters. The highest BCUT2D eigenvalue weighted by Gasteiger charge is 2.17. The van der Waals surface area contributed by atoms with Gasteiger partial charge in [-0.15, -0.1) is 0 Å². The SMILES string of the molecule is c1ccc(-c2cccc(-c3c4ccccc4c(-c4cccc(-c5cccc6c5ccc5ccccc56)c4)c4ccccc34)c2)cc1. The fourth-order valence-electron chi connectivity index (χ4n) is 7.37. The molecule has 0 atom stereocenters. The van der Waals surface area contributed by atoms with E-state index in [1.165, 1.54) is 87.6 Å². The van der Waals surface area contributed by atoms with Crippen molar-refractivity contribution in [1.29, 1.82) is 0 Å². The molecule has 9 rings (SSSR count). The minimum Gasteiger partial charge on any atom is -0.0622 e. The van der Waals surface area contributed by atoms with Gasteiger partial charge in [0.2, 0.25) is 0 Å². The Morgan fingerprint density at radius 1 is 0.217 bits per heavy atom. The van der Waals surface area contributed by atoms with Gasteiger partial charge >= 0.3 is 0 Å². The van der Waals surface area contributed by atoms with Crippen LogP contribution in [0.5, 0.6) is 0 Å². The highest BCUT2D eigenvalue weighted by Crippen LogP contribution is 2.45. The van der Waals surface area contributed by atoms with E-state index in [1.807, 2.05) is 0 Å². The molecular formula is C46H30. The van der Waals surface area contributed by atoms with Crippen molar-refractivity contribution < 1.29 is 0 Å². The Kier molecular flexibility index (Phi) is 6.25. The molecule has 0 aliphatic carbocycles. The summed E-state index contributed by atoms with van der Waals surface area (Å²) in [6, 6.07) is 66.5. The summed E-state index contributed by atoms with van der Waals surface area (Å²) in [5, 5.41) is 10.2. The largest absolute Gasteiger partial charge is 0.0622 e. The van der Waals surface area contributed by atoms with Crippen LogP contribution in [-0.2, 0) is 0 Å². The Balaban J connectivity index is 1.28. The molecule has 0 bridgehead atoms. The third-order valence-corrected chi connectivity index (χ3v) is 9.44. The van der Waals surface area contributed by atoms with Crippen molar-refractivity contribution in [2.24, 2.45) is 0 Å². The zero-order valence-electron chi connectivity index (χ0n) is 25.3. The number of rotatable bonds is 4. The van der Waals surface area contributed by atoms with E-state index < -0.39 is 0 Å². The zero-order valence-corrected chi connectivity index (χ0v) is 25.3. The summed E-state index contributed by atoms with van der Waals surface area (Å²) in [6.45, 7) is 0. The fraction of sp³-hybridized carbons (Fsp3) is 0. The van der Waals surface area contributed by atoms with E-state index >= 15 is 0 Å². The lowest BCUT2D eigenvalue weighted by molar-refractivity contribution is 1.61. The molecular weight excluding hydrogens is 553 g/mol. The molecule has 0 spiro atoms. The van der Waals surface area contributed by atoms with Gasteiger partial charge in [0.1, 0.15) is 0 Å². The summed E-state index contributed by atoms with van der Waals surface area (Å²) in [5.41, 5.74) is 9.97. The summed E-state index contributed by atoms with van der Waals surface area (Å²) in [7, 11) is 0. The van der Waals surface area contributed by atoms with Gasteiger partial charge in [0.25, 0.3) is 0 Å². The summed E-state index contributed by atoms with van der Waals surface area (Å²) < 4.78 is 0. The van der Waals surface area contributed by atoms with Crippen molar-refractivity contribution in [3.8, 4) is 44.5 Å². The van der Waals surface area contributed by atoms with Crippen LogP contribution < -0.4 is 0 Å². The number of hydrogen-bond acceptors (Lipinski definition) is 0. The molecule has 0 nitrogen and oxygen atoms in total. The Morgan fingerprint density at radius 2 is 0.674 bits per heavy atom. The van der Waals surface area contributed by atoms with E-state index in [9.17, 15) is 0 Å². The number of hydrogen-bond donors (Lipinski definition) is 0. The van der Waals surface area contributed by atoms with Gasteiger partial charge in [0, 0.05) is 0 Å². The first kappa shape index (κ1) is 26.4. The van der Waals surface area contributed by atoms with Crippen molar-refractivity contribution in [2.75, 3.05) is 0 Å². The predicted molar refractivity (Wildman–Crippen MR) is 198 cm³/mol. The maximum absolute atomic E-state index is 2.38. The van der Waals surface area contributed by atoms with Crippen LogP contribution in [0.4, 0.5) is 0 Å². The van der Waals surface area contributed by atoms with Gasteiger partial charge in [-0.3, -0.25) is 0 Å². The van der Waals surface area contributed by atoms with E-state index in [0.717, 1.165) is 0 Å². The molecule has 9 aromatic carbocycles. The quantitative estimate of drug-likeness (QED) is 0.143. The molecule has 0 aliphatic rings. The molecule has 0 saturated carbocycles. The molecule has 9 aromatic rings. The van der Waals surface area contributed by atoms with Gasteiger partial charge in [-0.25, -0.2) is 0 Å². The van der Waals surface area contributed by atoms with Gasteiger partial charge in [-0.2, -0.15) is 0 Å². The van der Waals surface area contributed by atoms with E-state index in [4.69, 9.17) is 0 Å². The first-order valence-corrected chi connectivity index (χ1v) is 15.9. The van der Waals surface area contributed by atoms with Gasteiger partial charge in [0.15, 0.2) is 0 Å². The van der Waals surface area contributed by atoms with Crippen molar-refractivity contribution in [3.05, 3.63) is 182 Å². The molecule has 0 aromatic heterocycles. The molecule has 0 amide bonds. The van der Waals surface area contributed by atoms with Crippen molar-refractivity contribution in [3.63, 3.8) is 0 Å². The lowest BCUT2D eigenvalue weighted by Crippen LogP contribution is -1.91. The van der Waals surface area contributed by atoms with Gasteiger partial charge in [-0.05, 0) is 99.7 Å². The second kappa shape index (κ2) is 10.9. The van der Waals surface area contributed by atoms with E-state index in [2.05, 4.69) is 182 Å². The van der Waals surface area contributed by atoms with Crippen LogP contribution in [-0.4, -0.2) is 0 Å². The Bertz CT molecular complexity index is 2520. The van der Waals surface area contributed by atoms with Crippen LogP contribution in [0.1, 0.15) is 0 Å². The van der Waals surface area contributed by atoms with Crippen LogP contribution in [0.3, 0.4) is 0 Å². The minimum atomic E-state index is 1.23. The van der Waals surface area contributed by atoms with Crippen LogP contribution in [0.25, 0.3) is 87.6 Å². The van der Waals surface area contributed by atoms with Gasteiger partial charge in [-0.1, -0.05) is 170 Å². The van der Waals surface area contributed by atoms with E-state index in [1.54, 1.807) is 0 Å². The molecule has 46 heavy (non-hydrogen) atoms. The van der Waals surface area contributed by atoms with E-state index in [-0.39, 0.29) is 0 Å². The molecule has 0 fully saturated rings. The number of fused-ring (bicyclic) bond motifs is 5. The molecule has 0 heteroatoms. The third-order valence-electron chi connectivity index (χ3n) is 9.44. The Morgan fingerprint density at radius 3 is 1.33 bits per heavy atom. The maximum Gasteiger partial charge on any atom is -0.00262 e. The first-order valence-electron chi connectivity index (χ1n) is 15.9. The molecule has 0 radical (unpaired) electrons. The molecule has 214 valence electrons. The van der Waals surface area contributed by atoms with Crippen molar-refractivity contribution in [1.82, 2.24) is 0 Å². The topological polar surface area (TPSA) is 0 Å². The summed E-state index contributed by atoms with van der Waals surface area (Å²) >= 11 is 0. The summed E-state index contributed by atoms with van der Waals surface area (Å²) in [5.74, 6) is 0. The monoisotopic (exact) mass is 582 g/mol. The average Bonchev–Trinajstić information content (AvgIpc) is 3.14. The van der Waals surface area contributed by atoms with Crippen molar-refractivity contribution in [2.45, 2.75) is 0 Å². The Labute approximate surface area is 268 Å². The van der Waals surface area contributed by atoms with Crippen LogP contribution in [0.2, 0.25) is 0 Å². The zero-order chi connectivity index (χ0) is 30.5. The lowest BCUT2D eigenvalue weighted by Gasteiger charge is -2.19. The van der Waals surface area contributed by atoms with Crippen LogP contribution in [0, 0.1) is 0 Å². The standard InChI is InChI=1S/C46H30/c1-2-13-31(14-3-1)33-16-10-18-35(29-33)45-41-21-6-8-23-43(41)46(44-24-9-7-22-42(44)45)36-19-11-17-34(30-36)38-25-12-26-39-37-20-5-4-15-32(37)27-28-40(38)39/h1-30H. The third kappa shape index (κ3) is 4.30. The van der Waals surface area contributed by atoms with Crippen LogP contribution >= 0.6 is 0 Å². The minimum absolute atomic E-state index is 1.23. The normalized spacial score (nSPS) is 11.5. The Hall–Kier alpha value is -5.98. The highest BCUT2D eigenvalue weighted by molar-refractivity contribution is 6.22. The summed E-state index contributed by atoms with van der Waals surface area (Å²) in [4.78, 5) is 0. The fourth-order valence-corrected chi connectivity index (χ4v) is 7.37. The second-order valence-corrected chi connectivity index (χ2v) is 12.1. The van der Waals surface area contributed by atoms with Gasteiger partial charge in [0.05, 0.1) is 0 Å².